The summed E-state index contributed by atoms with van der Waals surface area (Å²) >= 11 is 2.07. The van der Waals surface area contributed by atoms with Crippen LogP contribution in [-0.4, -0.2) is 63.6 Å². The van der Waals surface area contributed by atoms with Crippen molar-refractivity contribution < 1.29 is 32.7 Å². The molecule has 0 amide bonds. The highest BCUT2D eigenvalue weighted by Gasteiger charge is 2.48. The first-order valence-electron chi connectivity index (χ1n) is 11.3. The van der Waals surface area contributed by atoms with Crippen LogP contribution in [0.25, 0.3) is 11.6 Å². The molecule has 2 atom stereocenters. The van der Waals surface area contributed by atoms with Crippen LogP contribution in [-0.2, 0) is 19.2 Å². The van der Waals surface area contributed by atoms with Crippen LogP contribution in [0, 0.1) is 3.57 Å². The van der Waals surface area contributed by atoms with E-state index in [-0.39, 0.29) is 24.4 Å². The van der Waals surface area contributed by atoms with E-state index in [4.69, 9.17) is 14.1 Å². The molecule has 1 saturated heterocycles. The number of phenolic OH excluding ortho intramolecular Hbond substituents is 1. The molecule has 0 bridgehead atoms. The number of rotatable bonds is 8. The Morgan fingerprint density at radius 2 is 2.00 bits per heavy atom. The van der Waals surface area contributed by atoms with E-state index in [9.17, 15) is 18.5 Å². The Kier molecular flexibility index (Phi) is 8.27. The number of halogens is 1. The third-order valence-electron chi connectivity index (χ3n) is 6.40. The zero-order valence-corrected chi connectivity index (χ0v) is 22.6. The van der Waals surface area contributed by atoms with E-state index >= 15 is 0 Å². The zero-order chi connectivity index (χ0) is 25.2. The van der Waals surface area contributed by atoms with Gasteiger partial charge in [0.15, 0.2) is 21.3 Å². The number of allylic oxidation sites excluding steroid dienone is 1. The van der Waals surface area contributed by atoms with Crippen LogP contribution < -0.4 is 4.74 Å². The number of methoxy groups -OCH3 is 2. The number of phenols is 1. The Balaban J connectivity index is 1.68. The molecule has 2 heterocycles. The molecule has 0 aliphatic carbocycles. The fourth-order valence-corrected chi connectivity index (χ4v) is 7.58. The molecule has 2 aromatic carbocycles. The number of fused-ring (bicyclic) bond motifs is 1. The summed E-state index contributed by atoms with van der Waals surface area (Å²) < 4.78 is 42.7. The lowest BCUT2D eigenvalue weighted by molar-refractivity contribution is 0.167. The van der Waals surface area contributed by atoms with Gasteiger partial charge in [0, 0.05) is 13.4 Å². The van der Waals surface area contributed by atoms with Gasteiger partial charge in [-0.1, -0.05) is 36.4 Å². The van der Waals surface area contributed by atoms with E-state index in [1.807, 2.05) is 42.5 Å². The number of hydrogen-bond donors (Lipinski definition) is 2. The zero-order valence-electron chi connectivity index (χ0n) is 19.6. The lowest BCUT2D eigenvalue weighted by Gasteiger charge is -2.32. The normalized spacial score (nSPS) is 21.8. The maximum Gasteiger partial charge on any atom is 0.456 e. The first-order chi connectivity index (χ1) is 16.7. The van der Waals surface area contributed by atoms with Gasteiger partial charge in [-0.05, 0) is 75.4 Å². The standard InChI is InChI=1S/C25H28BIO7S/c1-32-14-19-15-35(30,31)23-13-26(29)34-21(24(19)23)9-8-18(17-6-4-3-5-7-17)10-16-11-20(27)25(28)22(12-16)33-2/h3-7,10-12,21,23,28-29H,8-9,13-15H2,1-2H3/b18-10-/t21-,23+/m1/s1. The molecule has 7 nitrogen and oxygen atoms in total. The number of sulfone groups is 1. The van der Waals surface area contributed by atoms with Crippen molar-refractivity contribution in [2.45, 2.75) is 30.5 Å². The molecule has 35 heavy (non-hydrogen) atoms. The average molecular weight is 610 g/mol. The van der Waals surface area contributed by atoms with Crippen molar-refractivity contribution in [1.29, 1.82) is 0 Å². The summed E-state index contributed by atoms with van der Waals surface area (Å²) in [4.78, 5) is 0. The van der Waals surface area contributed by atoms with Crippen molar-refractivity contribution in [2.75, 3.05) is 26.6 Å². The van der Waals surface area contributed by atoms with Crippen LogP contribution in [0.4, 0.5) is 0 Å². The number of benzene rings is 2. The van der Waals surface area contributed by atoms with Gasteiger partial charge in [-0.25, -0.2) is 8.42 Å². The molecule has 0 radical (unpaired) electrons. The van der Waals surface area contributed by atoms with Crippen LogP contribution in [0.3, 0.4) is 0 Å². The van der Waals surface area contributed by atoms with Gasteiger partial charge in [0.05, 0.1) is 34.4 Å². The Morgan fingerprint density at radius 3 is 2.69 bits per heavy atom. The summed E-state index contributed by atoms with van der Waals surface area (Å²) in [5, 5.41) is 19.8. The van der Waals surface area contributed by atoms with E-state index in [0.717, 1.165) is 27.8 Å². The lowest BCUT2D eigenvalue weighted by atomic mass is 9.74. The Labute approximate surface area is 220 Å². The SMILES string of the molecule is COCC1=C2[C@@H](CC/C(=C/c3cc(I)c(O)c(OC)c3)c3ccccc3)OB(O)C[C@@H]2S(=O)(=O)C1. The predicted molar refractivity (Wildman–Crippen MR) is 145 cm³/mol. The minimum absolute atomic E-state index is 0.0501. The van der Waals surface area contributed by atoms with E-state index in [2.05, 4.69) is 22.6 Å². The minimum atomic E-state index is -3.39. The highest BCUT2D eigenvalue weighted by molar-refractivity contribution is 14.1. The van der Waals surface area contributed by atoms with Gasteiger partial charge in [0.25, 0.3) is 0 Å². The second-order valence-corrected chi connectivity index (χ2v) is 12.1. The first-order valence-corrected chi connectivity index (χ1v) is 14.1. The second-order valence-electron chi connectivity index (χ2n) is 8.73. The van der Waals surface area contributed by atoms with Crippen LogP contribution >= 0.6 is 22.6 Å². The molecule has 2 aliphatic rings. The third kappa shape index (κ3) is 5.77. The molecule has 2 aromatic rings. The molecule has 0 saturated carbocycles. The van der Waals surface area contributed by atoms with Gasteiger partial charge in [0.1, 0.15) is 0 Å². The van der Waals surface area contributed by atoms with Crippen molar-refractivity contribution in [3.63, 3.8) is 0 Å². The van der Waals surface area contributed by atoms with E-state index < -0.39 is 28.3 Å². The van der Waals surface area contributed by atoms with Gasteiger partial charge in [-0.3, -0.25) is 0 Å². The average Bonchev–Trinajstić information content (AvgIpc) is 3.08. The van der Waals surface area contributed by atoms with Gasteiger partial charge in [-0.15, -0.1) is 0 Å². The van der Waals surface area contributed by atoms with Crippen molar-refractivity contribution in [3.05, 3.63) is 68.3 Å². The molecule has 0 aromatic heterocycles. The number of hydrogen-bond acceptors (Lipinski definition) is 7. The second kappa shape index (κ2) is 11.0. The summed E-state index contributed by atoms with van der Waals surface area (Å²) in [6.07, 6.45) is 2.64. The Hall–Kier alpha value is -1.86. The lowest BCUT2D eigenvalue weighted by Crippen LogP contribution is -2.42. The van der Waals surface area contributed by atoms with Crippen molar-refractivity contribution in [2.24, 2.45) is 0 Å². The quantitative estimate of drug-likeness (QED) is 0.202. The largest absolute Gasteiger partial charge is 0.504 e. The maximum atomic E-state index is 12.8. The minimum Gasteiger partial charge on any atom is -0.504 e. The predicted octanol–water partition coefficient (Wildman–Crippen LogP) is 3.95. The fraction of sp³-hybridized carbons (Fsp3) is 0.360. The fourth-order valence-electron chi connectivity index (χ4n) is 4.85. The van der Waals surface area contributed by atoms with Crippen LogP contribution in [0.5, 0.6) is 11.5 Å². The molecule has 0 unspecified atom stereocenters. The molecule has 186 valence electrons. The summed E-state index contributed by atoms with van der Waals surface area (Å²) in [5.41, 5.74) is 4.38. The molecule has 1 fully saturated rings. The van der Waals surface area contributed by atoms with Crippen LogP contribution in [0.2, 0.25) is 6.32 Å². The van der Waals surface area contributed by atoms with Crippen molar-refractivity contribution in [1.82, 2.24) is 0 Å². The highest BCUT2D eigenvalue weighted by Crippen LogP contribution is 2.40. The molecule has 0 spiro atoms. The van der Waals surface area contributed by atoms with E-state index in [1.165, 1.54) is 7.11 Å². The summed E-state index contributed by atoms with van der Waals surface area (Å²) in [6.45, 7) is 0.230. The third-order valence-corrected chi connectivity index (χ3v) is 9.29. The Morgan fingerprint density at radius 1 is 1.26 bits per heavy atom. The molecule has 4 rings (SSSR count). The molecule has 2 N–H and O–H groups in total. The van der Waals surface area contributed by atoms with Crippen molar-refractivity contribution >= 4 is 51.2 Å². The molecule has 2 aliphatic heterocycles. The Bertz CT molecular complexity index is 1240. The highest BCUT2D eigenvalue weighted by atomic mass is 127. The summed E-state index contributed by atoms with van der Waals surface area (Å²) in [6, 6.07) is 13.6. The van der Waals surface area contributed by atoms with E-state index in [1.54, 1.807) is 13.2 Å². The summed E-state index contributed by atoms with van der Waals surface area (Å²) in [7, 11) is -1.45. The smallest absolute Gasteiger partial charge is 0.456 e. The molecular weight excluding hydrogens is 582 g/mol. The molecular formula is C25H28BIO7S. The van der Waals surface area contributed by atoms with Gasteiger partial charge >= 0.3 is 7.12 Å². The molecule has 10 heteroatoms. The van der Waals surface area contributed by atoms with Gasteiger partial charge < -0.3 is 24.3 Å². The topological polar surface area (TPSA) is 102 Å². The van der Waals surface area contributed by atoms with Gasteiger partial charge in [-0.2, -0.15) is 0 Å². The monoisotopic (exact) mass is 610 g/mol. The van der Waals surface area contributed by atoms with E-state index in [0.29, 0.717) is 22.2 Å². The summed E-state index contributed by atoms with van der Waals surface area (Å²) in [5.74, 6) is 0.436. The van der Waals surface area contributed by atoms with Crippen LogP contribution in [0.1, 0.15) is 24.0 Å². The first kappa shape index (κ1) is 26.2. The van der Waals surface area contributed by atoms with Crippen LogP contribution in [0.15, 0.2) is 53.6 Å². The number of aromatic hydroxyl groups is 1. The number of ether oxygens (including phenoxy) is 2. The maximum absolute atomic E-state index is 12.8. The van der Waals surface area contributed by atoms with Gasteiger partial charge in [0.2, 0.25) is 0 Å². The van der Waals surface area contributed by atoms with Crippen molar-refractivity contribution in [3.8, 4) is 11.5 Å².